The fourth-order valence-electron chi connectivity index (χ4n) is 1.16. The van der Waals surface area contributed by atoms with Gasteiger partial charge in [0.05, 0.1) is 18.5 Å². The summed E-state index contributed by atoms with van der Waals surface area (Å²) < 4.78 is 3.41. The molecule has 2 heterocycles. The van der Waals surface area contributed by atoms with Crippen LogP contribution in [0.5, 0.6) is 0 Å². The van der Waals surface area contributed by atoms with Gasteiger partial charge in [0.15, 0.2) is 0 Å². The summed E-state index contributed by atoms with van der Waals surface area (Å²) in [6.07, 6.45) is 0. The second kappa shape index (κ2) is 5.49. The van der Waals surface area contributed by atoms with Gasteiger partial charge in [0.25, 0.3) is 0 Å². The number of rotatable bonds is 2. The van der Waals surface area contributed by atoms with Gasteiger partial charge in [-0.05, 0) is 25.0 Å². The smallest absolute Gasteiger partial charge is 0.113 e. The highest BCUT2D eigenvalue weighted by atomic mass is 35.5. The normalized spacial score (nSPS) is 11.2. The third kappa shape index (κ3) is 2.76. The molecule has 2 aromatic heterocycles. The van der Waals surface area contributed by atoms with Crippen LogP contribution in [0.15, 0.2) is 8.42 Å². The van der Waals surface area contributed by atoms with Crippen molar-refractivity contribution in [2.24, 2.45) is 0 Å². The van der Waals surface area contributed by atoms with E-state index in [-0.39, 0.29) is 0 Å². The third-order valence-corrected chi connectivity index (χ3v) is 8.10. The lowest BCUT2D eigenvalue weighted by molar-refractivity contribution is 1.40. The molecule has 17 heavy (non-hydrogen) atoms. The number of halogens is 4. The summed E-state index contributed by atoms with van der Waals surface area (Å²) in [5, 5.41) is 1.26. The zero-order valence-electron chi connectivity index (χ0n) is 8.74. The van der Waals surface area contributed by atoms with Crippen LogP contribution in [0, 0.1) is 13.8 Å². The lowest BCUT2D eigenvalue weighted by Gasteiger charge is -1.98. The van der Waals surface area contributed by atoms with E-state index in [1.165, 1.54) is 22.7 Å². The van der Waals surface area contributed by atoms with Gasteiger partial charge in [-0.2, -0.15) is 0 Å². The third-order valence-electron chi connectivity index (χ3n) is 2.17. The monoisotopic (exact) mass is 362 g/mol. The number of hydrogen-bond donors (Lipinski definition) is 0. The van der Waals surface area contributed by atoms with Crippen LogP contribution in [0.1, 0.15) is 11.1 Å². The highest BCUT2D eigenvalue weighted by Gasteiger charge is 2.17. The summed E-state index contributed by atoms with van der Waals surface area (Å²) >= 11 is 28.7. The Morgan fingerprint density at radius 2 is 1.12 bits per heavy atom. The summed E-state index contributed by atoms with van der Waals surface area (Å²) in [7, 11) is 0. The lowest BCUT2D eigenvalue weighted by atomic mass is 10.4. The van der Waals surface area contributed by atoms with Crippen molar-refractivity contribution in [2.45, 2.75) is 22.3 Å². The quantitative estimate of drug-likeness (QED) is 0.543. The molecule has 0 aliphatic rings. The minimum absolute atomic E-state index is 0.623. The molecule has 0 aliphatic carbocycles. The summed E-state index contributed by atoms with van der Waals surface area (Å²) in [4.78, 5) is 0. The summed E-state index contributed by atoms with van der Waals surface area (Å²) in [6.45, 7) is 3.92. The Morgan fingerprint density at radius 1 is 0.765 bits per heavy atom. The zero-order valence-corrected chi connectivity index (χ0v) is 14.2. The van der Waals surface area contributed by atoms with Crippen LogP contribution >= 0.6 is 80.8 Å². The zero-order chi connectivity index (χ0) is 12.7. The van der Waals surface area contributed by atoms with Gasteiger partial charge in [0, 0.05) is 0 Å². The van der Waals surface area contributed by atoms with E-state index < -0.39 is 0 Å². The molecular weight excluding hydrogens is 358 g/mol. The van der Waals surface area contributed by atoms with E-state index in [9.17, 15) is 0 Å². The highest BCUT2D eigenvalue weighted by Crippen LogP contribution is 2.49. The van der Waals surface area contributed by atoms with Gasteiger partial charge < -0.3 is 0 Å². The first kappa shape index (κ1) is 14.3. The van der Waals surface area contributed by atoms with Gasteiger partial charge in [0.1, 0.15) is 8.67 Å². The minimum atomic E-state index is 0.623. The predicted octanol–water partition coefficient (Wildman–Crippen LogP) is 7.19. The fraction of sp³-hybridized carbons (Fsp3) is 0.200. The van der Waals surface area contributed by atoms with Crippen LogP contribution in [0.3, 0.4) is 0 Å². The summed E-state index contributed by atoms with van der Waals surface area (Å²) in [5.41, 5.74) is 2.01. The molecule has 0 N–H and O–H groups in total. The standard InChI is InChI=1S/C10H6Cl4S3/c1-3-5(11)7(13)15-9(3)17-10-4(2)6(12)8(14)16-10/h1-2H3. The van der Waals surface area contributed by atoms with Crippen molar-refractivity contribution < 1.29 is 0 Å². The summed E-state index contributed by atoms with van der Waals surface area (Å²) in [5.74, 6) is 0. The largest absolute Gasteiger partial charge is 0.115 e. The Kier molecular flexibility index (Phi) is 4.63. The van der Waals surface area contributed by atoms with E-state index in [1.807, 2.05) is 13.8 Å². The second-order valence-corrected chi connectivity index (χ2v) is 8.85. The molecule has 2 aromatic rings. The van der Waals surface area contributed by atoms with Gasteiger partial charge >= 0.3 is 0 Å². The van der Waals surface area contributed by atoms with E-state index in [0.717, 1.165) is 19.5 Å². The maximum absolute atomic E-state index is 6.06. The van der Waals surface area contributed by atoms with Gasteiger partial charge in [0.2, 0.25) is 0 Å². The molecule has 0 atom stereocenters. The van der Waals surface area contributed by atoms with Crippen molar-refractivity contribution >= 4 is 80.8 Å². The molecule has 0 saturated heterocycles. The Morgan fingerprint density at radius 3 is 1.35 bits per heavy atom. The van der Waals surface area contributed by atoms with Crippen LogP contribution in [0.4, 0.5) is 0 Å². The first-order valence-corrected chi connectivity index (χ1v) is 8.44. The molecule has 0 unspecified atom stereocenters. The van der Waals surface area contributed by atoms with Crippen molar-refractivity contribution in [3.8, 4) is 0 Å². The molecule has 0 aromatic carbocycles. The first-order valence-electron chi connectivity index (χ1n) is 4.48. The molecule has 2 rings (SSSR count). The Hall–Kier alpha value is 0.910. The molecule has 0 spiro atoms. The molecule has 0 radical (unpaired) electrons. The topological polar surface area (TPSA) is 0 Å². The van der Waals surface area contributed by atoms with E-state index in [1.54, 1.807) is 11.8 Å². The molecule has 0 nitrogen and oxygen atoms in total. The highest BCUT2D eigenvalue weighted by molar-refractivity contribution is 8.03. The second-order valence-electron chi connectivity index (χ2n) is 3.31. The van der Waals surface area contributed by atoms with Crippen LogP contribution < -0.4 is 0 Å². The van der Waals surface area contributed by atoms with E-state index >= 15 is 0 Å². The van der Waals surface area contributed by atoms with Crippen LogP contribution in [-0.2, 0) is 0 Å². The number of hydrogen-bond acceptors (Lipinski definition) is 3. The molecule has 0 amide bonds. The van der Waals surface area contributed by atoms with Crippen molar-refractivity contribution in [1.29, 1.82) is 0 Å². The van der Waals surface area contributed by atoms with Crippen molar-refractivity contribution in [2.75, 3.05) is 0 Å². The SMILES string of the molecule is Cc1c(Sc2sc(Cl)c(Cl)c2C)sc(Cl)c1Cl. The van der Waals surface area contributed by atoms with Gasteiger partial charge in [-0.3, -0.25) is 0 Å². The molecule has 92 valence electrons. The first-order chi connectivity index (χ1) is 7.91. The maximum atomic E-state index is 6.06. The van der Waals surface area contributed by atoms with Crippen LogP contribution in [-0.4, -0.2) is 0 Å². The van der Waals surface area contributed by atoms with Gasteiger partial charge in [-0.15, -0.1) is 22.7 Å². The Labute approximate surface area is 132 Å². The molecule has 0 fully saturated rings. The van der Waals surface area contributed by atoms with E-state index in [2.05, 4.69) is 0 Å². The van der Waals surface area contributed by atoms with E-state index in [4.69, 9.17) is 46.4 Å². The molecule has 0 aliphatic heterocycles. The van der Waals surface area contributed by atoms with Crippen molar-refractivity contribution in [3.63, 3.8) is 0 Å². The molecular formula is C10H6Cl4S3. The summed E-state index contributed by atoms with van der Waals surface area (Å²) in [6, 6.07) is 0. The fourth-order valence-corrected chi connectivity index (χ4v) is 6.32. The van der Waals surface area contributed by atoms with Gasteiger partial charge in [-0.1, -0.05) is 58.2 Å². The number of thiophene rings is 2. The average molecular weight is 364 g/mol. The Bertz CT molecular complexity index is 520. The molecule has 0 bridgehead atoms. The minimum Gasteiger partial charge on any atom is -0.115 e. The molecule has 7 heteroatoms. The van der Waals surface area contributed by atoms with Crippen LogP contribution in [0.25, 0.3) is 0 Å². The maximum Gasteiger partial charge on any atom is 0.113 e. The molecule has 0 saturated carbocycles. The lowest BCUT2D eigenvalue weighted by Crippen LogP contribution is -1.72. The van der Waals surface area contributed by atoms with Crippen molar-refractivity contribution in [1.82, 2.24) is 0 Å². The van der Waals surface area contributed by atoms with Crippen molar-refractivity contribution in [3.05, 3.63) is 29.8 Å². The van der Waals surface area contributed by atoms with Crippen LogP contribution in [0.2, 0.25) is 18.7 Å². The average Bonchev–Trinajstić information content (AvgIpc) is 2.66. The Balaban J connectivity index is 2.38. The predicted molar refractivity (Wildman–Crippen MR) is 82.3 cm³/mol. The van der Waals surface area contributed by atoms with E-state index in [0.29, 0.717) is 18.7 Å². The van der Waals surface area contributed by atoms with Gasteiger partial charge in [-0.25, -0.2) is 0 Å².